The average Bonchev–Trinajstić information content (AvgIpc) is 2.96. The largest absolute Gasteiger partial charge is 0.490 e. The van der Waals surface area contributed by atoms with Gasteiger partial charge in [0.2, 0.25) is 0 Å². The number of ether oxygens (including phenoxy) is 1. The van der Waals surface area contributed by atoms with Gasteiger partial charge >= 0.3 is 0 Å². The molecule has 0 bridgehead atoms. The SMILES string of the molecule is Cc1ccc2c(c1)CC(CC1(N)Cc3ccccc3C1)O2. The lowest BCUT2D eigenvalue weighted by atomic mass is 9.88. The molecule has 2 heteroatoms. The van der Waals surface area contributed by atoms with Crippen LogP contribution >= 0.6 is 0 Å². The summed E-state index contributed by atoms with van der Waals surface area (Å²) in [6, 6.07) is 15.1. The van der Waals surface area contributed by atoms with E-state index in [-0.39, 0.29) is 11.6 Å². The van der Waals surface area contributed by atoms with Crippen LogP contribution in [-0.2, 0) is 19.3 Å². The molecule has 2 nitrogen and oxygen atoms in total. The second kappa shape index (κ2) is 4.60. The van der Waals surface area contributed by atoms with E-state index in [4.69, 9.17) is 10.5 Å². The molecule has 0 aromatic heterocycles. The van der Waals surface area contributed by atoms with Crippen molar-refractivity contribution in [1.82, 2.24) is 0 Å². The summed E-state index contributed by atoms with van der Waals surface area (Å²) in [5, 5.41) is 0. The Balaban J connectivity index is 1.49. The summed E-state index contributed by atoms with van der Waals surface area (Å²) in [6.07, 6.45) is 4.08. The molecular weight excluding hydrogens is 258 g/mol. The molecule has 108 valence electrons. The minimum Gasteiger partial charge on any atom is -0.490 e. The van der Waals surface area contributed by atoms with Gasteiger partial charge in [-0.05, 0) is 42.5 Å². The summed E-state index contributed by atoms with van der Waals surface area (Å²) in [5.74, 6) is 1.05. The summed E-state index contributed by atoms with van der Waals surface area (Å²) in [4.78, 5) is 0. The smallest absolute Gasteiger partial charge is 0.123 e. The molecule has 2 N–H and O–H groups in total. The van der Waals surface area contributed by atoms with E-state index >= 15 is 0 Å². The van der Waals surface area contributed by atoms with Crippen molar-refractivity contribution in [3.63, 3.8) is 0 Å². The van der Waals surface area contributed by atoms with Gasteiger partial charge in [0.25, 0.3) is 0 Å². The highest BCUT2D eigenvalue weighted by Gasteiger charge is 2.37. The fourth-order valence-electron chi connectivity index (χ4n) is 3.88. The summed E-state index contributed by atoms with van der Waals surface area (Å²) in [7, 11) is 0. The van der Waals surface area contributed by atoms with Gasteiger partial charge in [0.15, 0.2) is 0 Å². The van der Waals surface area contributed by atoms with Crippen LogP contribution in [0.4, 0.5) is 0 Å². The number of fused-ring (bicyclic) bond motifs is 2. The van der Waals surface area contributed by atoms with E-state index in [1.54, 1.807) is 0 Å². The Labute approximate surface area is 125 Å². The van der Waals surface area contributed by atoms with Gasteiger partial charge in [0, 0.05) is 18.4 Å². The lowest BCUT2D eigenvalue weighted by Gasteiger charge is -2.26. The van der Waals surface area contributed by atoms with E-state index < -0.39 is 0 Å². The Bertz CT molecular complexity index is 667. The van der Waals surface area contributed by atoms with Gasteiger partial charge in [-0.25, -0.2) is 0 Å². The standard InChI is InChI=1S/C19H21NO/c1-13-6-7-18-16(8-13)9-17(21-18)12-19(20)10-14-4-2-3-5-15(14)11-19/h2-8,17H,9-12,20H2,1H3. The molecule has 1 unspecified atom stereocenters. The molecular formula is C19H21NO. The van der Waals surface area contributed by atoms with Crippen molar-refractivity contribution in [3.05, 3.63) is 64.7 Å². The molecule has 1 aliphatic carbocycles. The molecule has 0 spiro atoms. The average molecular weight is 279 g/mol. The Morgan fingerprint density at radius 1 is 1.10 bits per heavy atom. The van der Waals surface area contributed by atoms with Crippen molar-refractivity contribution in [3.8, 4) is 5.75 Å². The summed E-state index contributed by atoms with van der Waals surface area (Å²) in [6.45, 7) is 2.13. The van der Waals surface area contributed by atoms with Crippen molar-refractivity contribution >= 4 is 0 Å². The van der Waals surface area contributed by atoms with Gasteiger partial charge in [-0.2, -0.15) is 0 Å². The van der Waals surface area contributed by atoms with Gasteiger partial charge in [0.05, 0.1) is 0 Å². The van der Waals surface area contributed by atoms with E-state index in [2.05, 4.69) is 49.4 Å². The molecule has 1 atom stereocenters. The van der Waals surface area contributed by atoms with Crippen LogP contribution in [0, 0.1) is 6.92 Å². The predicted molar refractivity (Wildman–Crippen MR) is 84.7 cm³/mol. The second-order valence-corrected chi connectivity index (χ2v) is 6.74. The zero-order valence-electron chi connectivity index (χ0n) is 12.4. The molecule has 0 saturated carbocycles. The highest BCUT2D eigenvalue weighted by Crippen LogP contribution is 2.36. The number of benzene rings is 2. The predicted octanol–water partition coefficient (Wildman–Crippen LogP) is 3.18. The van der Waals surface area contributed by atoms with Crippen molar-refractivity contribution in [2.75, 3.05) is 0 Å². The van der Waals surface area contributed by atoms with E-state index in [1.807, 2.05) is 0 Å². The highest BCUT2D eigenvalue weighted by atomic mass is 16.5. The molecule has 2 aromatic rings. The first-order valence-corrected chi connectivity index (χ1v) is 7.73. The van der Waals surface area contributed by atoms with E-state index in [0.29, 0.717) is 0 Å². The van der Waals surface area contributed by atoms with Crippen molar-refractivity contribution in [2.24, 2.45) is 5.73 Å². The third-order valence-electron chi connectivity index (χ3n) is 4.79. The first-order valence-electron chi connectivity index (χ1n) is 7.73. The monoisotopic (exact) mass is 279 g/mol. The van der Waals surface area contributed by atoms with Gasteiger partial charge in [-0.3, -0.25) is 0 Å². The quantitative estimate of drug-likeness (QED) is 0.916. The Hall–Kier alpha value is -1.80. The minimum atomic E-state index is -0.147. The Morgan fingerprint density at radius 3 is 2.52 bits per heavy atom. The number of hydrogen-bond donors (Lipinski definition) is 1. The maximum Gasteiger partial charge on any atom is 0.123 e. The van der Waals surface area contributed by atoms with Crippen molar-refractivity contribution in [2.45, 2.75) is 44.2 Å². The molecule has 1 aliphatic heterocycles. The van der Waals surface area contributed by atoms with Crippen LogP contribution in [-0.4, -0.2) is 11.6 Å². The van der Waals surface area contributed by atoms with Gasteiger partial charge in [-0.15, -0.1) is 0 Å². The molecule has 2 aliphatic rings. The number of hydrogen-bond acceptors (Lipinski definition) is 2. The van der Waals surface area contributed by atoms with Gasteiger partial charge in [0.1, 0.15) is 11.9 Å². The van der Waals surface area contributed by atoms with Crippen LogP contribution in [0.25, 0.3) is 0 Å². The number of rotatable bonds is 2. The molecule has 21 heavy (non-hydrogen) atoms. The lowest BCUT2D eigenvalue weighted by Crippen LogP contribution is -2.44. The minimum absolute atomic E-state index is 0.147. The molecule has 0 amide bonds. The Morgan fingerprint density at radius 2 is 1.81 bits per heavy atom. The van der Waals surface area contributed by atoms with E-state index in [1.165, 1.54) is 22.3 Å². The maximum absolute atomic E-state index is 6.67. The molecule has 0 fully saturated rings. The fraction of sp³-hybridized carbons (Fsp3) is 0.368. The summed E-state index contributed by atoms with van der Waals surface area (Å²) < 4.78 is 6.11. The molecule has 2 aromatic carbocycles. The number of aryl methyl sites for hydroxylation is 1. The maximum atomic E-state index is 6.67. The van der Waals surface area contributed by atoms with E-state index in [0.717, 1.165) is 31.4 Å². The van der Waals surface area contributed by atoms with Gasteiger partial charge in [-0.1, -0.05) is 42.0 Å². The Kier molecular flexibility index (Phi) is 2.83. The van der Waals surface area contributed by atoms with Gasteiger partial charge < -0.3 is 10.5 Å². The molecule has 0 saturated heterocycles. The summed E-state index contributed by atoms with van der Waals surface area (Å²) >= 11 is 0. The highest BCUT2D eigenvalue weighted by molar-refractivity contribution is 5.41. The van der Waals surface area contributed by atoms with Crippen LogP contribution in [0.15, 0.2) is 42.5 Å². The van der Waals surface area contributed by atoms with E-state index in [9.17, 15) is 0 Å². The topological polar surface area (TPSA) is 35.2 Å². The molecule has 1 heterocycles. The zero-order chi connectivity index (χ0) is 14.4. The van der Waals surface area contributed by atoms with Crippen LogP contribution in [0.3, 0.4) is 0 Å². The van der Waals surface area contributed by atoms with Crippen molar-refractivity contribution in [1.29, 1.82) is 0 Å². The van der Waals surface area contributed by atoms with Crippen LogP contribution in [0.1, 0.15) is 28.7 Å². The first-order chi connectivity index (χ1) is 10.1. The first kappa shape index (κ1) is 12.9. The fourth-order valence-corrected chi connectivity index (χ4v) is 3.88. The third-order valence-corrected chi connectivity index (χ3v) is 4.79. The molecule has 4 rings (SSSR count). The van der Waals surface area contributed by atoms with Crippen LogP contribution in [0.2, 0.25) is 0 Å². The summed E-state index contributed by atoms with van der Waals surface area (Å²) in [5.41, 5.74) is 12.0. The van der Waals surface area contributed by atoms with Crippen LogP contribution < -0.4 is 10.5 Å². The normalized spacial score (nSPS) is 21.7. The lowest BCUT2D eigenvalue weighted by molar-refractivity contribution is 0.181. The van der Waals surface area contributed by atoms with Crippen molar-refractivity contribution < 1.29 is 4.74 Å². The zero-order valence-corrected chi connectivity index (χ0v) is 12.4. The molecule has 0 radical (unpaired) electrons. The number of nitrogens with two attached hydrogens (primary N) is 1. The second-order valence-electron chi connectivity index (χ2n) is 6.74. The third kappa shape index (κ3) is 2.34. The van der Waals surface area contributed by atoms with Crippen LogP contribution in [0.5, 0.6) is 5.75 Å².